The maximum absolute atomic E-state index is 11.7. The van der Waals surface area contributed by atoms with E-state index in [2.05, 4.69) is 18.0 Å². The van der Waals surface area contributed by atoms with Crippen molar-refractivity contribution < 1.29 is 37.5 Å². The van der Waals surface area contributed by atoms with Crippen molar-refractivity contribution in [3.8, 4) is 0 Å². The van der Waals surface area contributed by atoms with Gasteiger partial charge in [-0.3, -0.25) is 4.79 Å². The minimum absolute atomic E-state index is 0. The van der Waals surface area contributed by atoms with E-state index in [0.717, 1.165) is 30.6 Å². The topological polar surface area (TPSA) is 33.2 Å². The van der Waals surface area contributed by atoms with E-state index in [0.29, 0.717) is 0 Å². The summed E-state index contributed by atoms with van der Waals surface area (Å²) in [5.41, 5.74) is 1.96. The Hall–Kier alpha value is -0.276. The van der Waals surface area contributed by atoms with Crippen LogP contribution in [0.2, 0.25) is 0 Å². The Balaban J connectivity index is 0.00000128. The molecule has 1 aromatic rings. The Morgan fingerprint density at radius 2 is 2.38 bits per heavy atom. The third-order valence-electron chi connectivity index (χ3n) is 2.94. The van der Waals surface area contributed by atoms with Crippen LogP contribution in [0.3, 0.4) is 0 Å². The van der Waals surface area contributed by atoms with Gasteiger partial charge in [0.1, 0.15) is 0 Å². The summed E-state index contributed by atoms with van der Waals surface area (Å²) < 4.78 is 0. The largest absolute Gasteiger partial charge is 0.387 e. The molecular formula is C12H15N2OY-. The Kier molecular flexibility index (Phi) is 5.06. The van der Waals surface area contributed by atoms with Crippen LogP contribution in [0.25, 0.3) is 0 Å². The first-order valence-electron chi connectivity index (χ1n) is 5.34. The van der Waals surface area contributed by atoms with Crippen molar-refractivity contribution in [2.75, 3.05) is 13.6 Å². The van der Waals surface area contributed by atoms with Gasteiger partial charge in [0.15, 0.2) is 0 Å². The van der Waals surface area contributed by atoms with Crippen molar-refractivity contribution in [1.29, 1.82) is 0 Å². The van der Waals surface area contributed by atoms with Gasteiger partial charge < -0.3 is 9.88 Å². The Labute approximate surface area is 122 Å². The summed E-state index contributed by atoms with van der Waals surface area (Å²) in [4.78, 5) is 17.8. The van der Waals surface area contributed by atoms with Crippen LogP contribution >= 0.6 is 0 Å². The van der Waals surface area contributed by atoms with Gasteiger partial charge in [-0.15, -0.1) is 5.56 Å². The van der Waals surface area contributed by atoms with Crippen molar-refractivity contribution in [3.63, 3.8) is 0 Å². The molecular weight excluding hydrogens is 277 g/mol. The van der Waals surface area contributed by atoms with Crippen molar-refractivity contribution in [2.45, 2.75) is 25.7 Å². The number of carbonyl (C=O) groups is 1. The number of amides is 1. The fraction of sp³-hybridized carbons (Fsp3) is 0.500. The summed E-state index contributed by atoms with van der Waals surface area (Å²) in [7, 11) is 1.84. The molecule has 1 saturated heterocycles. The molecule has 4 heteroatoms. The molecule has 2 rings (SSSR count). The molecule has 0 bridgehead atoms. The van der Waals surface area contributed by atoms with Crippen LogP contribution in [0.5, 0.6) is 0 Å². The number of likely N-dealkylation sites (tertiary alicyclic amines) is 1. The van der Waals surface area contributed by atoms with Crippen molar-refractivity contribution >= 4 is 5.91 Å². The van der Waals surface area contributed by atoms with Crippen molar-refractivity contribution in [2.24, 2.45) is 0 Å². The first-order chi connectivity index (χ1) is 7.22. The molecule has 83 valence electrons. The van der Waals surface area contributed by atoms with E-state index in [9.17, 15) is 4.79 Å². The van der Waals surface area contributed by atoms with Crippen LogP contribution < -0.4 is 0 Å². The second-order valence-corrected chi connectivity index (χ2v) is 3.95. The molecule has 0 aromatic carbocycles. The molecule has 1 aromatic heterocycles. The van der Waals surface area contributed by atoms with E-state index in [-0.39, 0.29) is 44.5 Å². The van der Waals surface area contributed by atoms with Crippen LogP contribution in [-0.4, -0.2) is 29.4 Å². The second-order valence-electron chi connectivity index (χ2n) is 3.95. The number of hydrogen-bond donors (Lipinski definition) is 0. The van der Waals surface area contributed by atoms with E-state index >= 15 is 0 Å². The van der Waals surface area contributed by atoms with Gasteiger partial charge in [0.2, 0.25) is 5.91 Å². The number of rotatable bonds is 2. The Bertz CT molecular complexity index is 364. The molecule has 0 saturated carbocycles. The van der Waals surface area contributed by atoms with E-state index in [1.807, 2.05) is 19.3 Å². The fourth-order valence-corrected chi connectivity index (χ4v) is 1.87. The summed E-state index contributed by atoms with van der Waals surface area (Å²) in [6, 6.07) is 5.03. The van der Waals surface area contributed by atoms with E-state index in [1.54, 1.807) is 4.90 Å². The van der Waals surface area contributed by atoms with Gasteiger partial charge in [-0.1, -0.05) is 25.2 Å². The normalized spacial score (nSPS) is 19.8. The van der Waals surface area contributed by atoms with Crippen LogP contribution in [0.15, 0.2) is 12.3 Å². The quantitative estimate of drug-likeness (QED) is 0.772. The Morgan fingerprint density at radius 3 is 2.81 bits per heavy atom. The zero-order valence-corrected chi connectivity index (χ0v) is 12.6. The molecule has 1 amide bonds. The molecule has 1 atom stereocenters. The zero-order valence-electron chi connectivity index (χ0n) is 9.73. The molecule has 1 unspecified atom stereocenters. The average molecular weight is 292 g/mol. The summed E-state index contributed by atoms with van der Waals surface area (Å²) in [6.07, 6.45) is 3.63. The average Bonchev–Trinajstić information content (AvgIpc) is 2.60. The predicted molar refractivity (Wildman–Crippen MR) is 57.4 cm³/mol. The number of aryl methyl sites for hydroxylation is 1. The molecule has 16 heavy (non-hydrogen) atoms. The van der Waals surface area contributed by atoms with Gasteiger partial charge in [0, 0.05) is 52.2 Å². The smallest absolute Gasteiger partial charge is 0.219 e. The van der Waals surface area contributed by atoms with Gasteiger partial charge >= 0.3 is 0 Å². The van der Waals surface area contributed by atoms with Gasteiger partial charge in [0.05, 0.1) is 0 Å². The third-order valence-corrected chi connectivity index (χ3v) is 2.94. The SMILES string of the molecule is CCc1[c-]cc(C2CCN(C)C2=O)nc1.[Y]. The van der Waals surface area contributed by atoms with Gasteiger partial charge in [-0.25, -0.2) is 0 Å². The predicted octanol–water partition coefficient (Wildman–Crippen LogP) is 1.39. The van der Waals surface area contributed by atoms with E-state index < -0.39 is 0 Å². The fourth-order valence-electron chi connectivity index (χ4n) is 1.87. The van der Waals surface area contributed by atoms with Gasteiger partial charge in [0.25, 0.3) is 0 Å². The van der Waals surface area contributed by atoms with Crippen molar-refractivity contribution in [1.82, 2.24) is 9.88 Å². The first-order valence-corrected chi connectivity index (χ1v) is 5.34. The number of hydrogen-bond acceptors (Lipinski definition) is 2. The molecule has 0 spiro atoms. The third kappa shape index (κ3) is 2.69. The van der Waals surface area contributed by atoms with E-state index in [4.69, 9.17) is 0 Å². The number of carbonyl (C=O) groups excluding carboxylic acids is 1. The number of nitrogens with zero attached hydrogens (tertiary/aromatic N) is 2. The van der Waals surface area contributed by atoms with Crippen LogP contribution in [-0.2, 0) is 43.9 Å². The molecule has 2 heterocycles. The van der Waals surface area contributed by atoms with Crippen LogP contribution in [0, 0.1) is 6.07 Å². The number of likely N-dealkylation sites (N-methyl/N-ethyl adjacent to an activating group) is 1. The standard InChI is InChI=1S/C12H15N2O.Y/c1-3-9-4-5-11(13-8-9)10-6-7-14(2)12(10)15;/h5,8,10H,3,6-7H2,1-2H3;/q-1;. The minimum Gasteiger partial charge on any atom is -0.387 e. The molecule has 0 N–H and O–H groups in total. The van der Waals surface area contributed by atoms with Crippen LogP contribution in [0.1, 0.15) is 30.5 Å². The van der Waals surface area contributed by atoms with Gasteiger partial charge in [-0.2, -0.15) is 12.1 Å². The zero-order chi connectivity index (χ0) is 10.8. The summed E-state index contributed by atoms with van der Waals surface area (Å²) >= 11 is 0. The maximum atomic E-state index is 11.7. The first kappa shape index (κ1) is 13.8. The Morgan fingerprint density at radius 1 is 1.62 bits per heavy atom. The number of pyridine rings is 1. The molecule has 1 aliphatic heterocycles. The molecule has 0 aliphatic carbocycles. The molecule has 1 fully saturated rings. The molecule has 1 radical (unpaired) electrons. The maximum Gasteiger partial charge on any atom is 0.219 e. The monoisotopic (exact) mass is 292 g/mol. The number of aromatic nitrogens is 1. The molecule has 1 aliphatic rings. The summed E-state index contributed by atoms with van der Waals surface area (Å²) in [5, 5.41) is 0. The van der Waals surface area contributed by atoms with E-state index in [1.165, 1.54) is 0 Å². The van der Waals surface area contributed by atoms with Crippen molar-refractivity contribution in [3.05, 3.63) is 29.6 Å². The summed E-state index contributed by atoms with van der Waals surface area (Å²) in [6.45, 7) is 2.91. The van der Waals surface area contributed by atoms with Gasteiger partial charge in [-0.05, 0) is 6.42 Å². The van der Waals surface area contributed by atoms with Crippen LogP contribution in [0.4, 0.5) is 0 Å². The second kappa shape index (κ2) is 5.88. The molecule has 3 nitrogen and oxygen atoms in total. The minimum atomic E-state index is -0.0443. The summed E-state index contributed by atoms with van der Waals surface area (Å²) in [5.74, 6) is 0.136.